The van der Waals surface area contributed by atoms with Gasteiger partial charge in [-0.2, -0.15) is 18.3 Å². The Kier molecular flexibility index (Phi) is 2.94. The van der Waals surface area contributed by atoms with E-state index in [9.17, 15) is 23.1 Å². The lowest BCUT2D eigenvalue weighted by molar-refractivity contribution is -0.253. The van der Waals surface area contributed by atoms with Gasteiger partial charge in [0.05, 0.1) is 12.1 Å². The van der Waals surface area contributed by atoms with Crippen molar-refractivity contribution in [3.63, 3.8) is 0 Å². The third-order valence-electron chi connectivity index (χ3n) is 3.74. The molecule has 0 saturated carbocycles. The Morgan fingerprint density at radius 1 is 1.38 bits per heavy atom. The number of aromatic amines is 1. The van der Waals surface area contributed by atoms with E-state index in [2.05, 4.69) is 10.2 Å². The van der Waals surface area contributed by atoms with Gasteiger partial charge in [-0.25, -0.2) is 0 Å². The summed E-state index contributed by atoms with van der Waals surface area (Å²) in [4.78, 5) is 13.3. The van der Waals surface area contributed by atoms with Crippen LogP contribution in [0.1, 0.15) is 16.9 Å². The highest BCUT2D eigenvalue weighted by molar-refractivity contribution is 6.04. The third kappa shape index (κ3) is 2.15. The molecule has 2 N–H and O–H groups in total. The third-order valence-corrected chi connectivity index (χ3v) is 3.74. The summed E-state index contributed by atoms with van der Waals surface area (Å²) in [5.41, 5.74) is -2.14. The van der Waals surface area contributed by atoms with Gasteiger partial charge in [0.25, 0.3) is 5.91 Å². The van der Waals surface area contributed by atoms with Crippen LogP contribution in [0.5, 0.6) is 0 Å². The normalized spacial score (nSPS) is 23.0. The standard InChI is InChI=1S/C13H12F3N3O2/c14-13(15,16)12(21)5-6-19(7-12)11(20)10-8-3-1-2-4-9(8)17-18-10/h1-4,21H,5-7H2,(H,17,18). The molecular weight excluding hydrogens is 287 g/mol. The largest absolute Gasteiger partial charge is 0.419 e. The Labute approximate surface area is 117 Å². The molecule has 112 valence electrons. The van der Waals surface area contributed by atoms with Crippen molar-refractivity contribution < 1.29 is 23.1 Å². The minimum atomic E-state index is -4.75. The predicted octanol–water partition coefficient (Wildman–Crippen LogP) is 1.70. The van der Waals surface area contributed by atoms with Gasteiger partial charge >= 0.3 is 6.18 Å². The monoisotopic (exact) mass is 299 g/mol. The molecule has 1 unspecified atom stereocenters. The highest BCUT2D eigenvalue weighted by Crippen LogP contribution is 2.38. The number of benzene rings is 1. The van der Waals surface area contributed by atoms with Crippen molar-refractivity contribution in [2.24, 2.45) is 0 Å². The lowest BCUT2D eigenvalue weighted by Crippen LogP contribution is -2.48. The maximum Gasteiger partial charge on any atom is 0.419 e. The number of carbonyl (C=O) groups is 1. The number of rotatable bonds is 1. The van der Waals surface area contributed by atoms with Crippen molar-refractivity contribution in [3.05, 3.63) is 30.0 Å². The lowest BCUT2D eigenvalue weighted by atomic mass is 10.0. The smallest absolute Gasteiger partial charge is 0.379 e. The summed E-state index contributed by atoms with van der Waals surface area (Å²) in [6, 6.07) is 6.85. The van der Waals surface area contributed by atoms with Gasteiger partial charge in [0, 0.05) is 18.4 Å². The molecule has 1 aromatic heterocycles. The summed E-state index contributed by atoms with van der Waals surface area (Å²) >= 11 is 0. The van der Waals surface area contributed by atoms with E-state index < -0.39 is 30.7 Å². The molecular formula is C13H12F3N3O2. The molecule has 3 rings (SSSR count). The van der Waals surface area contributed by atoms with Crippen LogP contribution in [0.2, 0.25) is 0 Å². The van der Waals surface area contributed by atoms with E-state index in [0.29, 0.717) is 10.9 Å². The van der Waals surface area contributed by atoms with Gasteiger partial charge in [-0.05, 0) is 6.07 Å². The van der Waals surface area contributed by atoms with Gasteiger partial charge in [-0.3, -0.25) is 9.89 Å². The Morgan fingerprint density at radius 3 is 2.76 bits per heavy atom. The number of nitrogens with one attached hydrogen (secondary N) is 1. The average Bonchev–Trinajstić information content (AvgIpc) is 3.02. The molecule has 1 aromatic carbocycles. The fraction of sp³-hybridized carbons (Fsp3) is 0.385. The number of nitrogens with zero attached hydrogens (tertiary/aromatic N) is 2. The van der Waals surface area contributed by atoms with E-state index in [4.69, 9.17) is 0 Å². The van der Waals surface area contributed by atoms with Crippen molar-refractivity contribution in [3.8, 4) is 0 Å². The molecule has 1 fully saturated rings. The van der Waals surface area contributed by atoms with Gasteiger partial charge < -0.3 is 10.0 Å². The van der Waals surface area contributed by atoms with Gasteiger partial charge in [0.2, 0.25) is 0 Å². The van der Waals surface area contributed by atoms with E-state index in [1.54, 1.807) is 24.3 Å². The van der Waals surface area contributed by atoms with Crippen LogP contribution < -0.4 is 0 Å². The topological polar surface area (TPSA) is 69.2 Å². The zero-order valence-electron chi connectivity index (χ0n) is 10.8. The first kappa shape index (κ1) is 13.9. The van der Waals surface area contributed by atoms with Crippen LogP contribution in [0.4, 0.5) is 13.2 Å². The number of aromatic nitrogens is 2. The lowest BCUT2D eigenvalue weighted by Gasteiger charge is -2.25. The number of likely N-dealkylation sites (tertiary alicyclic amines) is 1. The average molecular weight is 299 g/mol. The van der Waals surface area contributed by atoms with Crippen molar-refractivity contribution >= 4 is 16.8 Å². The molecule has 1 aliphatic heterocycles. The Bertz CT molecular complexity index is 697. The van der Waals surface area contributed by atoms with Crippen LogP contribution >= 0.6 is 0 Å². The number of β-amino-alcohol motifs (C(OH)–C–C–N with tert-alkyl or cyclic N) is 1. The molecule has 8 heteroatoms. The second-order valence-electron chi connectivity index (χ2n) is 5.12. The minimum Gasteiger partial charge on any atom is -0.379 e. The Morgan fingerprint density at radius 2 is 2.10 bits per heavy atom. The molecule has 0 radical (unpaired) electrons. The number of hydrogen-bond donors (Lipinski definition) is 2. The number of carbonyl (C=O) groups excluding carboxylic acids is 1. The summed E-state index contributed by atoms with van der Waals surface area (Å²) in [6.45, 7) is -0.924. The number of H-pyrrole nitrogens is 1. The molecule has 2 aromatic rings. The highest BCUT2D eigenvalue weighted by atomic mass is 19.4. The fourth-order valence-corrected chi connectivity index (χ4v) is 2.47. The maximum absolute atomic E-state index is 12.8. The van der Waals surface area contributed by atoms with Crippen molar-refractivity contribution in [2.75, 3.05) is 13.1 Å². The molecule has 5 nitrogen and oxygen atoms in total. The van der Waals surface area contributed by atoms with Gasteiger partial charge in [0.15, 0.2) is 11.3 Å². The van der Waals surface area contributed by atoms with Gasteiger partial charge in [-0.1, -0.05) is 18.2 Å². The minimum absolute atomic E-state index is 0.0667. The second kappa shape index (κ2) is 4.45. The van der Waals surface area contributed by atoms with Crippen LogP contribution in [-0.2, 0) is 0 Å². The van der Waals surface area contributed by atoms with Crippen LogP contribution in [0, 0.1) is 0 Å². The van der Waals surface area contributed by atoms with E-state index in [1.165, 1.54) is 0 Å². The quantitative estimate of drug-likeness (QED) is 0.842. The fourth-order valence-electron chi connectivity index (χ4n) is 2.47. The number of alkyl halides is 3. The number of halogens is 3. The first-order valence-corrected chi connectivity index (χ1v) is 6.33. The highest BCUT2D eigenvalue weighted by Gasteiger charge is 2.58. The van der Waals surface area contributed by atoms with Crippen molar-refractivity contribution in [1.82, 2.24) is 15.1 Å². The first-order chi connectivity index (χ1) is 9.82. The zero-order chi connectivity index (χ0) is 15.3. The number of aliphatic hydroxyl groups is 1. The molecule has 0 bridgehead atoms. The summed E-state index contributed by atoms with van der Waals surface area (Å²) in [6.07, 6.45) is -5.28. The van der Waals surface area contributed by atoms with Crippen LogP contribution in [0.3, 0.4) is 0 Å². The van der Waals surface area contributed by atoms with E-state index in [1.807, 2.05) is 0 Å². The number of hydrogen-bond acceptors (Lipinski definition) is 3. The molecule has 21 heavy (non-hydrogen) atoms. The summed E-state index contributed by atoms with van der Waals surface area (Å²) < 4.78 is 38.3. The maximum atomic E-state index is 12.8. The number of amides is 1. The second-order valence-corrected chi connectivity index (χ2v) is 5.12. The van der Waals surface area contributed by atoms with Crippen LogP contribution in [-0.4, -0.2) is 51.0 Å². The van der Waals surface area contributed by atoms with Gasteiger partial charge in [0.1, 0.15) is 0 Å². The Balaban J connectivity index is 1.88. The van der Waals surface area contributed by atoms with Crippen LogP contribution in [0.15, 0.2) is 24.3 Å². The Hall–Kier alpha value is -2.09. The van der Waals surface area contributed by atoms with E-state index in [-0.39, 0.29) is 12.2 Å². The van der Waals surface area contributed by atoms with E-state index >= 15 is 0 Å². The van der Waals surface area contributed by atoms with E-state index in [0.717, 1.165) is 4.90 Å². The molecule has 1 atom stereocenters. The predicted molar refractivity (Wildman–Crippen MR) is 67.6 cm³/mol. The molecule has 0 spiro atoms. The number of fused-ring (bicyclic) bond motifs is 1. The number of para-hydroxylation sites is 1. The molecule has 0 aliphatic carbocycles. The molecule has 1 aliphatic rings. The summed E-state index contributed by atoms with van der Waals surface area (Å²) in [7, 11) is 0. The molecule has 2 heterocycles. The molecule has 1 amide bonds. The summed E-state index contributed by atoms with van der Waals surface area (Å²) in [5, 5.41) is 16.7. The van der Waals surface area contributed by atoms with Gasteiger partial charge in [-0.15, -0.1) is 0 Å². The van der Waals surface area contributed by atoms with Crippen LogP contribution in [0.25, 0.3) is 10.9 Å². The summed E-state index contributed by atoms with van der Waals surface area (Å²) in [5.74, 6) is -0.618. The molecule has 1 saturated heterocycles. The van der Waals surface area contributed by atoms with Crippen molar-refractivity contribution in [1.29, 1.82) is 0 Å². The zero-order valence-corrected chi connectivity index (χ0v) is 10.8. The van der Waals surface area contributed by atoms with Crippen molar-refractivity contribution in [2.45, 2.75) is 18.2 Å². The SMILES string of the molecule is O=C(c1n[nH]c2ccccc12)N1CCC(O)(C(F)(F)F)C1. The first-order valence-electron chi connectivity index (χ1n) is 6.33.